The molecule has 34 heavy (non-hydrogen) atoms. The van der Waals surface area contributed by atoms with Crippen LogP contribution in [0.3, 0.4) is 0 Å². The van der Waals surface area contributed by atoms with Crippen LogP contribution in [0.5, 0.6) is 0 Å². The van der Waals surface area contributed by atoms with Crippen molar-refractivity contribution in [3.8, 4) is 0 Å². The van der Waals surface area contributed by atoms with Crippen LogP contribution in [-0.2, 0) is 0 Å². The number of carbonyl (C=O) groups excluding carboxylic acids is 1. The lowest BCUT2D eigenvalue weighted by molar-refractivity contribution is 0.235. The minimum atomic E-state index is -2.09. The van der Waals surface area contributed by atoms with E-state index in [1.807, 2.05) is 0 Å². The molecule has 0 fully saturated rings. The fourth-order valence-corrected chi connectivity index (χ4v) is 4.86. The third-order valence-electron chi connectivity index (χ3n) is 3.80. The van der Waals surface area contributed by atoms with Crippen LogP contribution in [0.2, 0.25) is 30.1 Å². The van der Waals surface area contributed by atoms with Gasteiger partial charge in [-0.1, -0.05) is 139 Å². The van der Waals surface area contributed by atoms with Gasteiger partial charge in [0.1, 0.15) is 12.3 Å². The van der Waals surface area contributed by atoms with Crippen LogP contribution in [0.4, 0.5) is 16.2 Å². The van der Waals surface area contributed by atoms with E-state index >= 15 is 0 Å². The Morgan fingerprint density at radius 1 is 0.588 bits per heavy atom. The highest BCUT2D eigenvalue weighted by atomic mass is 35.6. The van der Waals surface area contributed by atoms with Gasteiger partial charge in [-0.2, -0.15) is 0 Å². The van der Waals surface area contributed by atoms with Crippen LogP contribution < -0.4 is 21.3 Å². The summed E-state index contributed by atoms with van der Waals surface area (Å²) in [5, 5.41) is 11.2. The van der Waals surface area contributed by atoms with Crippen molar-refractivity contribution < 1.29 is 4.79 Å². The van der Waals surface area contributed by atoms with Crippen molar-refractivity contribution in [3.63, 3.8) is 0 Å². The number of benzene rings is 2. The lowest BCUT2D eigenvalue weighted by atomic mass is 10.3. The molecule has 0 bridgehead atoms. The number of amides is 2. The van der Waals surface area contributed by atoms with Gasteiger partial charge in [0.05, 0.1) is 31.5 Å². The van der Waals surface area contributed by atoms with Gasteiger partial charge < -0.3 is 21.3 Å². The molecule has 2 aromatic carbocycles. The molecule has 4 N–H and O–H groups in total. The van der Waals surface area contributed by atoms with Crippen molar-refractivity contribution in [3.05, 3.63) is 54.4 Å². The van der Waals surface area contributed by atoms with Gasteiger partial charge >= 0.3 is 6.03 Å². The monoisotopic (exact) mass is 706 g/mol. The van der Waals surface area contributed by atoms with Gasteiger partial charge in [0.2, 0.25) is 7.59 Å². The summed E-state index contributed by atoms with van der Waals surface area (Å²) in [5.41, 5.74) is 0.278. The summed E-state index contributed by atoms with van der Waals surface area (Å²) in [6.45, 7) is 0. The molecule has 188 valence electrons. The Morgan fingerprint density at radius 2 is 0.853 bits per heavy atom. The van der Waals surface area contributed by atoms with Gasteiger partial charge in [0, 0.05) is 10.0 Å². The maximum absolute atomic E-state index is 12.8. The number of hydrogen-bond donors (Lipinski definition) is 4. The topological polar surface area (TPSA) is 65.2 Å². The van der Waals surface area contributed by atoms with E-state index in [-0.39, 0.29) is 41.5 Å². The minimum Gasteiger partial charge on any atom is -0.359 e. The maximum atomic E-state index is 12.8. The van der Waals surface area contributed by atoms with Crippen LogP contribution in [0.15, 0.2) is 24.3 Å². The van der Waals surface area contributed by atoms with Crippen molar-refractivity contribution in [2.75, 3.05) is 10.6 Å². The zero-order valence-electron chi connectivity index (χ0n) is 15.9. The fraction of sp³-hybridized carbons (Fsp3) is 0.235. The van der Waals surface area contributed by atoms with Gasteiger partial charge in [-0.3, -0.25) is 0 Å². The Bertz CT molecular complexity index is 928. The summed E-state index contributed by atoms with van der Waals surface area (Å²) < 4.78 is -4.18. The lowest BCUT2D eigenvalue weighted by Crippen LogP contribution is -2.58. The van der Waals surface area contributed by atoms with E-state index < -0.39 is 25.9 Å². The van der Waals surface area contributed by atoms with Crippen LogP contribution >= 0.6 is 139 Å². The van der Waals surface area contributed by atoms with E-state index in [1.165, 1.54) is 24.3 Å². The van der Waals surface area contributed by atoms with Crippen molar-refractivity contribution in [1.82, 2.24) is 10.6 Å². The summed E-state index contributed by atoms with van der Waals surface area (Å²) in [6, 6.07) is 4.66. The van der Waals surface area contributed by atoms with E-state index in [4.69, 9.17) is 139 Å². The quantitative estimate of drug-likeness (QED) is 0.178. The average Bonchev–Trinajstić information content (AvgIpc) is 2.63. The molecule has 0 saturated carbocycles. The molecular formula is C17H10Cl12N4O. The number of anilines is 2. The van der Waals surface area contributed by atoms with Crippen LogP contribution in [0.1, 0.15) is 0 Å². The molecule has 0 aliphatic heterocycles. The lowest BCUT2D eigenvalue weighted by Gasteiger charge is -2.31. The molecule has 0 heterocycles. The summed E-state index contributed by atoms with van der Waals surface area (Å²) >= 11 is 72.5. The number of hydrogen-bond acceptors (Lipinski definition) is 3. The van der Waals surface area contributed by atoms with Gasteiger partial charge in [0.25, 0.3) is 0 Å². The number of carbonyl (C=O) groups is 1. The number of urea groups is 1. The maximum Gasteiger partial charge on any atom is 0.318 e. The average molecular weight is 712 g/mol. The van der Waals surface area contributed by atoms with Crippen LogP contribution in [-0.4, -0.2) is 25.9 Å². The second-order valence-electron chi connectivity index (χ2n) is 6.34. The zero-order chi connectivity index (χ0) is 26.0. The molecule has 0 aliphatic rings. The third-order valence-corrected chi connectivity index (χ3v) is 6.73. The largest absolute Gasteiger partial charge is 0.359 e. The Kier molecular flexibility index (Phi) is 11.5. The SMILES string of the molecule is O=C(N[C@H](Nc1c(Cl)cc(Cl)cc1Cl)C(Cl)(Cl)Cl)N[C@H](Nc1c(Cl)cc(Cl)cc1Cl)C(Cl)(Cl)Cl. The van der Waals surface area contributed by atoms with E-state index in [2.05, 4.69) is 21.3 Å². The molecule has 0 aromatic heterocycles. The fourth-order valence-electron chi connectivity index (χ4n) is 2.35. The number of nitrogens with one attached hydrogen (secondary N) is 4. The first kappa shape index (κ1) is 31.0. The molecule has 0 saturated heterocycles. The smallest absolute Gasteiger partial charge is 0.318 e. The second kappa shape index (κ2) is 12.6. The second-order valence-corrected chi connectivity index (χ2v) is 13.6. The molecule has 2 atom stereocenters. The molecular weight excluding hydrogens is 702 g/mol. The molecule has 0 unspecified atom stereocenters. The Balaban J connectivity index is 2.25. The Hall–Kier alpha value is 0.790. The summed E-state index contributed by atoms with van der Waals surface area (Å²) in [5.74, 6) is 0. The number of rotatable bonds is 6. The van der Waals surface area contributed by atoms with Gasteiger partial charge in [-0.05, 0) is 24.3 Å². The summed E-state index contributed by atoms with van der Waals surface area (Å²) in [6.07, 6.45) is -2.74. The van der Waals surface area contributed by atoms with Crippen LogP contribution in [0.25, 0.3) is 0 Å². The Morgan fingerprint density at radius 3 is 1.09 bits per heavy atom. The van der Waals surface area contributed by atoms with E-state index in [0.29, 0.717) is 0 Å². The molecule has 0 spiro atoms. The normalized spacial score (nSPS) is 13.8. The zero-order valence-corrected chi connectivity index (χ0v) is 25.0. The number of alkyl halides is 6. The number of halogens is 12. The highest BCUT2D eigenvalue weighted by Gasteiger charge is 2.38. The molecule has 2 amide bonds. The minimum absolute atomic E-state index is 0.104. The van der Waals surface area contributed by atoms with Crippen molar-refractivity contribution in [2.45, 2.75) is 19.9 Å². The molecule has 17 heteroatoms. The summed E-state index contributed by atoms with van der Waals surface area (Å²) in [4.78, 5) is 12.8. The first-order valence-electron chi connectivity index (χ1n) is 8.51. The predicted molar refractivity (Wildman–Crippen MR) is 150 cm³/mol. The predicted octanol–water partition coefficient (Wildman–Crippen LogP) is 9.82. The molecule has 5 nitrogen and oxygen atoms in total. The van der Waals surface area contributed by atoms with Crippen molar-refractivity contribution in [1.29, 1.82) is 0 Å². The first-order valence-corrected chi connectivity index (χ1v) is 13.0. The van der Waals surface area contributed by atoms with Crippen molar-refractivity contribution in [2.24, 2.45) is 0 Å². The highest BCUT2D eigenvalue weighted by molar-refractivity contribution is 6.69. The Labute approximate surface area is 254 Å². The molecule has 0 radical (unpaired) electrons. The van der Waals surface area contributed by atoms with E-state index in [1.54, 1.807) is 0 Å². The van der Waals surface area contributed by atoms with Gasteiger partial charge in [-0.15, -0.1) is 0 Å². The third kappa shape index (κ3) is 8.97. The standard InChI is InChI=1S/C17H10Cl12N4O/c18-5-1-7(20)11(8(21)2-5)30-13(16(24,25)26)32-15(34)33-14(17(27,28)29)31-12-9(22)3-6(19)4-10(12)23/h1-4,13-14,30-31H,(H2,32,33,34)/t13-,14-/m0/s1. The molecule has 2 aromatic rings. The molecule has 2 rings (SSSR count). The van der Waals surface area contributed by atoms with Gasteiger partial charge in [0.15, 0.2) is 0 Å². The summed E-state index contributed by atoms with van der Waals surface area (Å²) in [7, 11) is 0. The van der Waals surface area contributed by atoms with Gasteiger partial charge in [-0.25, -0.2) is 4.79 Å². The van der Waals surface area contributed by atoms with E-state index in [0.717, 1.165) is 0 Å². The van der Waals surface area contributed by atoms with Crippen LogP contribution in [0, 0.1) is 0 Å². The van der Waals surface area contributed by atoms with Crippen molar-refractivity contribution >= 4 is 157 Å². The van der Waals surface area contributed by atoms with E-state index in [9.17, 15) is 4.79 Å². The highest BCUT2D eigenvalue weighted by Crippen LogP contribution is 2.39. The first-order chi connectivity index (χ1) is 15.5. The molecule has 0 aliphatic carbocycles.